The van der Waals surface area contributed by atoms with Gasteiger partial charge in [-0.3, -0.25) is 36.4 Å². The number of thiol groups is 2. The van der Waals surface area contributed by atoms with Crippen LogP contribution in [0.1, 0.15) is 12.5 Å². The minimum absolute atomic E-state index is 0.125. The van der Waals surface area contributed by atoms with Crippen molar-refractivity contribution in [2.45, 2.75) is 48.6 Å². The van der Waals surface area contributed by atoms with Crippen LogP contribution in [0.2, 0.25) is 0 Å². The Labute approximate surface area is 262 Å². The molecular formula is C22H24N8O11P2S2. The van der Waals surface area contributed by atoms with E-state index in [1.807, 2.05) is 0 Å². The number of fused-ring (bicyclic) bond motifs is 4. The molecular weight excluding hydrogens is 678 g/mol. The number of hydrogen-bond donors (Lipinski definition) is 4. The fraction of sp³-hybridized carbons (Fsp3) is 0.500. The number of nitrogens with zero attached hydrogens (tertiary/aromatic N) is 7. The van der Waals surface area contributed by atoms with Crippen molar-refractivity contribution < 1.29 is 46.5 Å². The molecule has 4 bridgehead atoms. The number of imidazole rings is 2. The van der Waals surface area contributed by atoms with Crippen LogP contribution >= 0.6 is 38.1 Å². The van der Waals surface area contributed by atoms with Gasteiger partial charge in [-0.25, -0.2) is 29.1 Å². The molecule has 8 heterocycles. The van der Waals surface area contributed by atoms with Crippen LogP contribution in [0.25, 0.3) is 16.9 Å². The molecule has 4 aliphatic rings. The van der Waals surface area contributed by atoms with E-state index in [4.69, 9.17) is 38.0 Å². The SMILES string of the molecule is Nc1ncnc2c1ncn2[C@@H]1O[C@@]23CO[C@@H]1[C@@H]2OP(=O)(S)OC[C@H]1O[C@@H](n2ccc(=O)n4ccnc24)[C@H](OP(=O)(S)OC3)[C@@H]1O. The summed E-state index contributed by atoms with van der Waals surface area (Å²) in [6.07, 6.45) is -1.31. The molecule has 4 saturated heterocycles. The standard InChI is InChI=1S/C22H24N8O11P2S2/c23-17-12-18(26-8-25-17)30(9-27-12)20-15-16-22(39-20,6-35-15)7-37-43(34,45)40-14-13(32)10(5-36-42(33,44)41-16)38-19(14)29-3-1-11(31)28-4-2-24-21(28)29/h1-4,8-10,13-16,19-20,32H,5-7H2,(H,33,44)(H,34,45)(H2,23,25,26)/t10-,13-,14-,15-,16+,19-,20-,22-,42?,43?/m1/s1. The highest BCUT2D eigenvalue weighted by Gasteiger charge is 2.66. The number of rotatable bonds is 2. The van der Waals surface area contributed by atoms with Gasteiger partial charge < -0.3 is 25.1 Å². The van der Waals surface area contributed by atoms with Crippen molar-refractivity contribution in [2.24, 2.45) is 0 Å². The van der Waals surface area contributed by atoms with E-state index in [0.29, 0.717) is 11.2 Å². The summed E-state index contributed by atoms with van der Waals surface area (Å²) in [7, 11) is 0. The van der Waals surface area contributed by atoms with Crippen molar-refractivity contribution in [3.05, 3.63) is 47.7 Å². The third kappa shape index (κ3) is 4.88. The summed E-state index contributed by atoms with van der Waals surface area (Å²) in [5.41, 5.74) is 4.74. The molecule has 0 aromatic carbocycles. The zero-order valence-corrected chi connectivity index (χ0v) is 26.2. The second-order valence-corrected chi connectivity index (χ2v) is 16.5. The van der Waals surface area contributed by atoms with Crippen molar-refractivity contribution in [3.8, 4) is 0 Å². The van der Waals surface area contributed by atoms with Gasteiger partial charge in [-0.05, 0) is 0 Å². The Morgan fingerprint density at radius 3 is 2.67 bits per heavy atom. The third-order valence-electron chi connectivity index (χ3n) is 8.06. The van der Waals surface area contributed by atoms with Crippen molar-refractivity contribution in [2.75, 3.05) is 25.6 Å². The molecule has 8 rings (SSSR count). The molecule has 4 fully saturated rings. The van der Waals surface area contributed by atoms with E-state index in [9.17, 15) is 19.0 Å². The van der Waals surface area contributed by atoms with Crippen molar-refractivity contribution in [1.29, 1.82) is 0 Å². The Bertz CT molecular complexity index is 1980. The first-order valence-corrected chi connectivity index (χ1v) is 18.8. The summed E-state index contributed by atoms with van der Waals surface area (Å²) in [5, 5.41) is 11.2. The third-order valence-corrected chi connectivity index (χ3v) is 11.3. The number of nitrogen functional groups attached to an aromatic ring is 1. The minimum atomic E-state index is -4.32. The highest BCUT2D eigenvalue weighted by atomic mass is 32.7. The predicted octanol–water partition coefficient (Wildman–Crippen LogP) is 0.736. The molecule has 0 aliphatic carbocycles. The maximum atomic E-state index is 13.7. The summed E-state index contributed by atoms with van der Waals surface area (Å²) in [6, 6.07) is 1.25. The van der Waals surface area contributed by atoms with Crippen LogP contribution in [0.3, 0.4) is 0 Å². The zero-order chi connectivity index (χ0) is 31.3. The molecule has 0 amide bonds. The van der Waals surface area contributed by atoms with Crippen LogP contribution in [0.5, 0.6) is 0 Å². The molecule has 10 atom stereocenters. The number of aliphatic hydroxyl groups is 1. The van der Waals surface area contributed by atoms with Crippen LogP contribution in [-0.2, 0) is 41.4 Å². The van der Waals surface area contributed by atoms with Gasteiger partial charge in [0.1, 0.15) is 48.0 Å². The number of hydrogen-bond acceptors (Lipinski definition) is 16. The fourth-order valence-corrected chi connectivity index (χ4v) is 8.97. The summed E-state index contributed by atoms with van der Waals surface area (Å²) < 4.78 is 73.1. The topological polar surface area (TPSA) is 228 Å². The molecule has 2 unspecified atom stereocenters. The van der Waals surface area contributed by atoms with E-state index >= 15 is 0 Å². The fourth-order valence-electron chi connectivity index (χ4n) is 5.99. The number of aliphatic hydroxyl groups excluding tert-OH is 1. The predicted molar refractivity (Wildman–Crippen MR) is 157 cm³/mol. The van der Waals surface area contributed by atoms with Crippen LogP contribution in [0, 0.1) is 0 Å². The lowest BCUT2D eigenvalue weighted by Crippen LogP contribution is -2.45. The van der Waals surface area contributed by atoms with Gasteiger partial charge >= 0.3 is 13.6 Å². The normalized spacial score (nSPS) is 40.3. The molecule has 4 aliphatic heterocycles. The Kier molecular flexibility index (Phi) is 7.03. The van der Waals surface area contributed by atoms with E-state index in [1.165, 1.54) is 46.3 Å². The molecule has 240 valence electrons. The molecule has 23 heteroatoms. The Balaban J connectivity index is 1.14. The summed E-state index contributed by atoms with van der Waals surface area (Å²) in [6.45, 7) is -9.63. The smallest absolute Gasteiger partial charge is 0.386 e. The monoisotopic (exact) mass is 702 g/mol. The van der Waals surface area contributed by atoms with Gasteiger partial charge in [-0.15, -0.1) is 0 Å². The van der Waals surface area contributed by atoms with E-state index in [-0.39, 0.29) is 23.8 Å². The van der Waals surface area contributed by atoms with Crippen LogP contribution in [-0.4, -0.2) is 94.5 Å². The maximum absolute atomic E-state index is 13.7. The molecule has 4 aromatic rings. The lowest BCUT2D eigenvalue weighted by atomic mass is 10.0. The Hall–Kier alpha value is -2.39. The quantitative estimate of drug-likeness (QED) is 0.167. The highest BCUT2D eigenvalue weighted by molar-refractivity contribution is 8.44. The van der Waals surface area contributed by atoms with Gasteiger partial charge in [0.15, 0.2) is 23.9 Å². The minimum Gasteiger partial charge on any atom is -0.387 e. The van der Waals surface area contributed by atoms with Crippen molar-refractivity contribution in [1.82, 2.24) is 33.5 Å². The summed E-state index contributed by atoms with van der Waals surface area (Å²) in [5.74, 6) is 0.298. The van der Waals surface area contributed by atoms with Crippen molar-refractivity contribution >= 4 is 60.9 Å². The van der Waals surface area contributed by atoms with Crippen molar-refractivity contribution in [3.63, 3.8) is 0 Å². The lowest BCUT2D eigenvalue weighted by Gasteiger charge is -2.33. The molecule has 0 spiro atoms. The van der Waals surface area contributed by atoms with E-state index in [2.05, 4.69) is 44.4 Å². The number of nitrogens with two attached hydrogens (primary N) is 1. The van der Waals surface area contributed by atoms with Gasteiger partial charge in [0.2, 0.25) is 5.78 Å². The zero-order valence-electron chi connectivity index (χ0n) is 22.7. The Morgan fingerprint density at radius 1 is 1.00 bits per heavy atom. The van der Waals surface area contributed by atoms with E-state index in [0.717, 1.165) is 0 Å². The molecule has 0 saturated carbocycles. The first-order chi connectivity index (χ1) is 21.5. The van der Waals surface area contributed by atoms with Gasteiger partial charge in [-0.1, -0.05) is 24.5 Å². The average molecular weight is 703 g/mol. The van der Waals surface area contributed by atoms with Gasteiger partial charge in [0.05, 0.1) is 26.1 Å². The van der Waals surface area contributed by atoms with Gasteiger partial charge in [0.25, 0.3) is 5.56 Å². The second kappa shape index (κ2) is 10.6. The molecule has 4 aromatic heterocycles. The molecule has 19 nitrogen and oxygen atoms in total. The van der Waals surface area contributed by atoms with E-state index in [1.54, 1.807) is 4.57 Å². The van der Waals surface area contributed by atoms with Crippen LogP contribution in [0.15, 0.2) is 42.1 Å². The van der Waals surface area contributed by atoms with Gasteiger partial charge in [-0.2, -0.15) is 0 Å². The number of ether oxygens (including phenoxy) is 3. The largest absolute Gasteiger partial charge is 0.387 e. The second-order valence-electron chi connectivity index (χ2n) is 10.7. The highest BCUT2D eigenvalue weighted by Crippen LogP contribution is 2.63. The van der Waals surface area contributed by atoms with Gasteiger partial charge in [0, 0.05) is 24.7 Å². The molecule has 0 radical (unpaired) electrons. The van der Waals surface area contributed by atoms with E-state index < -0.39 is 75.4 Å². The summed E-state index contributed by atoms with van der Waals surface area (Å²) >= 11 is 8.37. The first kappa shape index (κ1) is 30.0. The number of aromatic nitrogens is 7. The average Bonchev–Trinajstić information content (AvgIpc) is 3.81. The maximum Gasteiger partial charge on any atom is 0.386 e. The first-order valence-electron chi connectivity index (χ1n) is 13.4. The molecule has 45 heavy (non-hydrogen) atoms. The lowest BCUT2D eigenvalue weighted by molar-refractivity contribution is -0.182. The van der Waals surface area contributed by atoms with Crippen LogP contribution in [0.4, 0.5) is 5.82 Å². The van der Waals surface area contributed by atoms with Crippen LogP contribution < -0.4 is 11.3 Å². The summed E-state index contributed by atoms with van der Waals surface area (Å²) in [4.78, 5) is 29.0. The Morgan fingerprint density at radius 2 is 1.82 bits per heavy atom. The molecule has 3 N–H and O–H groups in total. The number of anilines is 1.